The van der Waals surface area contributed by atoms with Crippen molar-refractivity contribution >= 4 is 5.91 Å². The predicted octanol–water partition coefficient (Wildman–Crippen LogP) is 1.26. The highest BCUT2D eigenvalue weighted by molar-refractivity contribution is 5.76. The van der Waals surface area contributed by atoms with Crippen LogP contribution in [0.2, 0.25) is 0 Å². The van der Waals surface area contributed by atoms with Crippen LogP contribution in [-0.4, -0.2) is 23.5 Å². The van der Waals surface area contributed by atoms with Gasteiger partial charge in [-0.2, -0.15) is 0 Å². The molecule has 18 heavy (non-hydrogen) atoms. The molecular weight excluding hydrogens is 226 g/mol. The van der Waals surface area contributed by atoms with Crippen LogP contribution in [0.25, 0.3) is 0 Å². The molecule has 4 heteroatoms. The number of nitrogens with zero attached hydrogens (tertiary/aromatic N) is 1. The van der Waals surface area contributed by atoms with Gasteiger partial charge in [-0.1, -0.05) is 12.5 Å². The van der Waals surface area contributed by atoms with Crippen molar-refractivity contribution in [3.8, 4) is 0 Å². The average molecular weight is 247 g/mol. The molecule has 2 rings (SSSR count). The molecule has 3 N–H and O–H groups in total. The molecule has 1 saturated carbocycles. The lowest BCUT2D eigenvalue weighted by Crippen LogP contribution is -2.39. The monoisotopic (exact) mass is 247 g/mol. The molecule has 1 amide bonds. The second-order valence-corrected chi connectivity index (χ2v) is 4.96. The molecule has 0 aromatic carbocycles. The standard InChI is InChI=1S/C14H21N3O/c15-9-12-4-1-5-13(12)17-14(18)7-6-11-3-2-8-16-10-11/h2-3,8,10,12-13H,1,4-7,9,15H2,(H,17,18). The molecule has 1 aliphatic rings. The van der Waals surface area contributed by atoms with Gasteiger partial charge in [-0.25, -0.2) is 0 Å². The quantitative estimate of drug-likeness (QED) is 0.823. The first-order chi connectivity index (χ1) is 8.79. The van der Waals surface area contributed by atoms with Gasteiger partial charge in [0.25, 0.3) is 0 Å². The van der Waals surface area contributed by atoms with Crippen molar-refractivity contribution in [1.29, 1.82) is 0 Å². The average Bonchev–Trinajstić information content (AvgIpc) is 2.85. The van der Waals surface area contributed by atoms with Crippen molar-refractivity contribution in [2.75, 3.05) is 6.54 Å². The van der Waals surface area contributed by atoms with E-state index in [2.05, 4.69) is 10.3 Å². The van der Waals surface area contributed by atoms with E-state index in [1.165, 1.54) is 6.42 Å². The Kier molecular flexibility index (Phi) is 4.70. The first kappa shape index (κ1) is 13.0. The smallest absolute Gasteiger partial charge is 0.220 e. The Labute approximate surface area is 108 Å². The van der Waals surface area contributed by atoms with E-state index in [4.69, 9.17) is 5.73 Å². The van der Waals surface area contributed by atoms with E-state index in [1.807, 2.05) is 18.3 Å². The molecule has 2 atom stereocenters. The van der Waals surface area contributed by atoms with Crippen molar-refractivity contribution < 1.29 is 4.79 Å². The Morgan fingerprint density at radius 1 is 1.50 bits per heavy atom. The molecule has 98 valence electrons. The van der Waals surface area contributed by atoms with Gasteiger partial charge in [0, 0.05) is 24.9 Å². The lowest BCUT2D eigenvalue weighted by atomic mass is 10.0. The zero-order chi connectivity index (χ0) is 12.8. The zero-order valence-corrected chi connectivity index (χ0v) is 10.6. The van der Waals surface area contributed by atoms with Crippen LogP contribution in [0.1, 0.15) is 31.2 Å². The molecule has 2 unspecified atom stereocenters. The lowest BCUT2D eigenvalue weighted by Gasteiger charge is -2.19. The minimum absolute atomic E-state index is 0.129. The molecule has 1 aromatic heterocycles. The Balaban J connectivity index is 1.75. The van der Waals surface area contributed by atoms with Gasteiger partial charge in [-0.05, 0) is 43.4 Å². The van der Waals surface area contributed by atoms with Crippen LogP contribution in [-0.2, 0) is 11.2 Å². The summed E-state index contributed by atoms with van der Waals surface area (Å²) in [5, 5.41) is 3.11. The Bertz CT molecular complexity index is 380. The summed E-state index contributed by atoms with van der Waals surface area (Å²) in [6, 6.07) is 4.18. The molecule has 0 spiro atoms. The normalized spacial score (nSPS) is 22.9. The van der Waals surface area contributed by atoms with E-state index in [0.717, 1.165) is 24.8 Å². The lowest BCUT2D eigenvalue weighted by molar-refractivity contribution is -0.122. The third kappa shape index (κ3) is 3.53. The fourth-order valence-corrected chi connectivity index (χ4v) is 2.59. The Morgan fingerprint density at radius 2 is 2.39 bits per heavy atom. The van der Waals surface area contributed by atoms with Gasteiger partial charge in [-0.15, -0.1) is 0 Å². The van der Waals surface area contributed by atoms with E-state index >= 15 is 0 Å². The van der Waals surface area contributed by atoms with Crippen LogP contribution in [0.3, 0.4) is 0 Å². The summed E-state index contributed by atoms with van der Waals surface area (Å²) in [7, 11) is 0. The molecule has 1 aliphatic carbocycles. The minimum atomic E-state index is 0.129. The molecule has 1 heterocycles. The largest absolute Gasteiger partial charge is 0.353 e. The third-order valence-electron chi connectivity index (χ3n) is 3.67. The summed E-state index contributed by atoms with van der Waals surface area (Å²) >= 11 is 0. The number of amides is 1. The highest BCUT2D eigenvalue weighted by Gasteiger charge is 2.26. The molecular formula is C14H21N3O. The fourth-order valence-electron chi connectivity index (χ4n) is 2.59. The number of carbonyl (C=O) groups excluding carboxylic acids is 1. The van der Waals surface area contributed by atoms with Crippen molar-refractivity contribution in [2.24, 2.45) is 11.7 Å². The van der Waals surface area contributed by atoms with Crippen molar-refractivity contribution in [2.45, 2.75) is 38.1 Å². The Morgan fingerprint density at radius 3 is 3.11 bits per heavy atom. The van der Waals surface area contributed by atoms with Crippen molar-refractivity contribution in [1.82, 2.24) is 10.3 Å². The SMILES string of the molecule is NCC1CCCC1NC(=O)CCc1cccnc1. The van der Waals surface area contributed by atoms with Gasteiger partial charge in [0.2, 0.25) is 5.91 Å². The summed E-state index contributed by atoms with van der Waals surface area (Å²) in [5.41, 5.74) is 6.81. The van der Waals surface area contributed by atoms with E-state index in [9.17, 15) is 4.79 Å². The van der Waals surface area contributed by atoms with Crippen LogP contribution in [0.4, 0.5) is 0 Å². The van der Waals surface area contributed by atoms with Crippen LogP contribution in [0.15, 0.2) is 24.5 Å². The van der Waals surface area contributed by atoms with Crippen molar-refractivity contribution in [3.63, 3.8) is 0 Å². The van der Waals surface area contributed by atoms with E-state index in [0.29, 0.717) is 18.9 Å². The summed E-state index contributed by atoms with van der Waals surface area (Å²) in [6.45, 7) is 0.674. The maximum atomic E-state index is 11.9. The minimum Gasteiger partial charge on any atom is -0.353 e. The van der Waals surface area contributed by atoms with E-state index < -0.39 is 0 Å². The highest BCUT2D eigenvalue weighted by Crippen LogP contribution is 2.24. The zero-order valence-electron chi connectivity index (χ0n) is 10.6. The van der Waals surface area contributed by atoms with Gasteiger partial charge >= 0.3 is 0 Å². The number of aryl methyl sites for hydroxylation is 1. The van der Waals surface area contributed by atoms with E-state index in [1.54, 1.807) is 6.20 Å². The second-order valence-electron chi connectivity index (χ2n) is 4.96. The third-order valence-corrected chi connectivity index (χ3v) is 3.67. The van der Waals surface area contributed by atoms with E-state index in [-0.39, 0.29) is 11.9 Å². The topological polar surface area (TPSA) is 68.0 Å². The first-order valence-electron chi connectivity index (χ1n) is 6.68. The van der Waals surface area contributed by atoms with Crippen LogP contribution in [0.5, 0.6) is 0 Å². The van der Waals surface area contributed by atoms with Crippen LogP contribution < -0.4 is 11.1 Å². The van der Waals surface area contributed by atoms with Crippen LogP contribution in [0, 0.1) is 5.92 Å². The van der Waals surface area contributed by atoms with Gasteiger partial charge in [0.15, 0.2) is 0 Å². The molecule has 1 aromatic rings. The maximum absolute atomic E-state index is 11.9. The summed E-state index contributed by atoms with van der Waals surface area (Å²) in [6.07, 6.45) is 8.22. The molecule has 0 radical (unpaired) electrons. The number of pyridine rings is 1. The fraction of sp³-hybridized carbons (Fsp3) is 0.571. The van der Waals surface area contributed by atoms with Crippen LogP contribution >= 0.6 is 0 Å². The second kappa shape index (κ2) is 6.50. The van der Waals surface area contributed by atoms with Crippen molar-refractivity contribution in [3.05, 3.63) is 30.1 Å². The maximum Gasteiger partial charge on any atom is 0.220 e. The number of nitrogens with one attached hydrogen (secondary N) is 1. The number of hydrogen-bond donors (Lipinski definition) is 2. The number of aromatic nitrogens is 1. The molecule has 1 fully saturated rings. The molecule has 0 bridgehead atoms. The van der Waals surface area contributed by atoms with Gasteiger partial charge in [-0.3, -0.25) is 9.78 Å². The number of nitrogens with two attached hydrogens (primary N) is 1. The highest BCUT2D eigenvalue weighted by atomic mass is 16.1. The summed E-state index contributed by atoms with van der Waals surface area (Å²) < 4.78 is 0. The molecule has 0 saturated heterocycles. The van der Waals surface area contributed by atoms with Gasteiger partial charge in [0.1, 0.15) is 0 Å². The number of rotatable bonds is 5. The number of hydrogen-bond acceptors (Lipinski definition) is 3. The Hall–Kier alpha value is -1.42. The molecule has 0 aliphatic heterocycles. The first-order valence-corrected chi connectivity index (χ1v) is 6.68. The summed E-state index contributed by atoms with van der Waals surface area (Å²) in [4.78, 5) is 15.9. The number of carbonyl (C=O) groups is 1. The predicted molar refractivity (Wildman–Crippen MR) is 70.9 cm³/mol. The molecule has 4 nitrogen and oxygen atoms in total. The van der Waals surface area contributed by atoms with Gasteiger partial charge in [0.05, 0.1) is 0 Å². The van der Waals surface area contributed by atoms with Gasteiger partial charge < -0.3 is 11.1 Å². The summed E-state index contributed by atoms with van der Waals surface area (Å²) in [5.74, 6) is 0.594.